The highest BCUT2D eigenvalue weighted by molar-refractivity contribution is 14.1. The molecule has 0 amide bonds. The Morgan fingerprint density at radius 3 is 2.32 bits per heavy atom. The molecule has 0 heterocycles. The quantitative estimate of drug-likeness (QED) is 0.438. The number of thioether (sulfide) groups is 1. The normalized spacial score (nSPS) is 10.2. The first-order chi connectivity index (χ1) is 9.19. The number of benzene rings is 2. The Hall–Kier alpha value is -1.01. The monoisotopic (exact) mass is 384 g/mol. The predicted octanol–water partition coefficient (Wildman–Crippen LogP) is 4.27. The number of ketones is 1. The Morgan fingerprint density at radius 2 is 1.74 bits per heavy atom. The highest BCUT2D eigenvalue weighted by atomic mass is 127. The molecule has 2 nitrogen and oxygen atoms in total. The maximum absolute atomic E-state index is 12.0. The van der Waals surface area contributed by atoms with E-state index in [-0.39, 0.29) is 12.4 Å². The standard InChI is InChI=1S/C15H13IO2S/c1-19-14-8-2-11(3-9-14)15(17)10-18-13-6-4-12(16)5-7-13/h2-9H,10H2,1H3. The summed E-state index contributed by atoms with van der Waals surface area (Å²) in [4.78, 5) is 13.1. The van der Waals surface area contributed by atoms with E-state index in [0.29, 0.717) is 5.56 Å². The second-order valence-electron chi connectivity index (χ2n) is 3.89. The molecular weight excluding hydrogens is 371 g/mol. The van der Waals surface area contributed by atoms with Crippen molar-refractivity contribution in [2.75, 3.05) is 12.9 Å². The highest BCUT2D eigenvalue weighted by Gasteiger charge is 2.06. The largest absolute Gasteiger partial charge is 0.485 e. The number of carbonyl (C=O) groups is 1. The third kappa shape index (κ3) is 4.24. The van der Waals surface area contributed by atoms with Crippen LogP contribution < -0.4 is 4.74 Å². The van der Waals surface area contributed by atoms with Gasteiger partial charge in [0.2, 0.25) is 0 Å². The van der Waals surface area contributed by atoms with E-state index in [0.717, 1.165) is 14.2 Å². The van der Waals surface area contributed by atoms with Gasteiger partial charge in [0.25, 0.3) is 0 Å². The summed E-state index contributed by atoms with van der Waals surface area (Å²) in [6.45, 7) is 0.0687. The van der Waals surface area contributed by atoms with Crippen LogP contribution in [0, 0.1) is 3.57 Å². The lowest BCUT2D eigenvalue weighted by Crippen LogP contribution is -2.11. The molecule has 2 rings (SSSR count). The average Bonchev–Trinajstić information content (AvgIpc) is 2.46. The lowest BCUT2D eigenvalue weighted by Gasteiger charge is -2.06. The van der Waals surface area contributed by atoms with Gasteiger partial charge < -0.3 is 4.74 Å². The van der Waals surface area contributed by atoms with Crippen LogP contribution in [0.5, 0.6) is 5.75 Å². The molecule has 0 saturated carbocycles. The Kier molecular flexibility index (Phi) is 5.27. The summed E-state index contributed by atoms with van der Waals surface area (Å²) in [5.41, 5.74) is 0.684. The molecule has 0 fully saturated rings. The van der Waals surface area contributed by atoms with Crippen LogP contribution in [0.2, 0.25) is 0 Å². The summed E-state index contributed by atoms with van der Waals surface area (Å²) in [5.74, 6) is 0.709. The van der Waals surface area contributed by atoms with Gasteiger partial charge in [-0.2, -0.15) is 0 Å². The molecule has 19 heavy (non-hydrogen) atoms. The Balaban J connectivity index is 1.95. The molecule has 0 bridgehead atoms. The number of Topliss-reactive ketones (excluding diaryl/α,β-unsaturated/α-hetero) is 1. The maximum Gasteiger partial charge on any atom is 0.200 e. The van der Waals surface area contributed by atoms with Gasteiger partial charge in [-0.1, -0.05) is 12.1 Å². The van der Waals surface area contributed by atoms with Crippen molar-refractivity contribution in [1.82, 2.24) is 0 Å². The van der Waals surface area contributed by atoms with E-state index in [1.54, 1.807) is 11.8 Å². The zero-order chi connectivity index (χ0) is 13.7. The molecule has 0 aliphatic heterocycles. The molecular formula is C15H13IO2S. The number of hydrogen-bond acceptors (Lipinski definition) is 3. The SMILES string of the molecule is CSc1ccc(C(=O)COc2ccc(I)cc2)cc1. The maximum atomic E-state index is 12.0. The average molecular weight is 384 g/mol. The van der Waals surface area contributed by atoms with E-state index in [2.05, 4.69) is 22.6 Å². The first kappa shape index (κ1) is 14.4. The zero-order valence-corrected chi connectivity index (χ0v) is 13.4. The number of ether oxygens (including phenoxy) is 1. The van der Waals surface area contributed by atoms with Crippen molar-refractivity contribution in [3.05, 3.63) is 57.7 Å². The third-order valence-electron chi connectivity index (χ3n) is 2.60. The molecule has 0 saturated heterocycles. The molecule has 0 spiro atoms. The molecule has 0 aliphatic carbocycles. The number of rotatable bonds is 5. The topological polar surface area (TPSA) is 26.3 Å². The van der Waals surface area contributed by atoms with Crippen molar-refractivity contribution in [1.29, 1.82) is 0 Å². The van der Waals surface area contributed by atoms with Crippen LogP contribution in [0.15, 0.2) is 53.4 Å². The fraction of sp³-hybridized carbons (Fsp3) is 0.133. The predicted molar refractivity (Wildman–Crippen MR) is 87.2 cm³/mol. The molecule has 4 heteroatoms. The lowest BCUT2D eigenvalue weighted by molar-refractivity contribution is 0.0921. The van der Waals surface area contributed by atoms with E-state index in [1.165, 1.54) is 0 Å². The molecule has 0 atom stereocenters. The fourth-order valence-corrected chi connectivity index (χ4v) is 2.31. The Bertz CT molecular complexity index is 549. The minimum Gasteiger partial charge on any atom is -0.485 e. The summed E-state index contributed by atoms with van der Waals surface area (Å²) in [5, 5.41) is 0. The van der Waals surface area contributed by atoms with E-state index in [1.807, 2.05) is 54.8 Å². The third-order valence-corrected chi connectivity index (χ3v) is 4.06. The summed E-state index contributed by atoms with van der Waals surface area (Å²) >= 11 is 3.89. The Morgan fingerprint density at radius 1 is 1.11 bits per heavy atom. The van der Waals surface area contributed by atoms with E-state index in [4.69, 9.17) is 4.74 Å². The molecule has 2 aromatic carbocycles. The van der Waals surface area contributed by atoms with Gasteiger partial charge in [0.1, 0.15) is 5.75 Å². The van der Waals surface area contributed by atoms with E-state index < -0.39 is 0 Å². The van der Waals surface area contributed by atoms with Crippen LogP contribution >= 0.6 is 34.4 Å². The molecule has 0 N–H and O–H groups in total. The van der Waals surface area contributed by atoms with Crippen LogP contribution in [0.25, 0.3) is 0 Å². The first-order valence-corrected chi connectivity index (χ1v) is 8.05. The number of carbonyl (C=O) groups excluding carboxylic acids is 1. The minimum atomic E-state index is -0.00815. The molecule has 98 valence electrons. The molecule has 0 aromatic heterocycles. The fourth-order valence-electron chi connectivity index (χ4n) is 1.54. The smallest absolute Gasteiger partial charge is 0.200 e. The first-order valence-electron chi connectivity index (χ1n) is 5.74. The second kappa shape index (κ2) is 6.96. The van der Waals surface area contributed by atoms with Gasteiger partial charge in [-0.05, 0) is 65.2 Å². The van der Waals surface area contributed by atoms with Gasteiger partial charge in [-0.15, -0.1) is 11.8 Å². The van der Waals surface area contributed by atoms with Gasteiger partial charge in [0.05, 0.1) is 0 Å². The highest BCUT2D eigenvalue weighted by Crippen LogP contribution is 2.16. The van der Waals surface area contributed by atoms with Crippen molar-refractivity contribution in [3.63, 3.8) is 0 Å². The van der Waals surface area contributed by atoms with Crippen LogP contribution in [-0.4, -0.2) is 18.6 Å². The molecule has 0 aliphatic rings. The number of hydrogen-bond donors (Lipinski definition) is 0. The molecule has 2 aromatic rings. The number of halogens is 1. The van der Waals surface area contributed by atoms with Gasteiger partial charge in [-0.25, -0.2) is 0 Å². The van der Waals surface area contributed by atoms with Crippen LogP contribution in [-0.2, 0) is 0 Å². The van der Waals surface area contributed by atoms with Crippen LogP contribution in [0.4, 0.5) is 0 Å². The van der Waals surface area contributed by atoms with Gasteiger partial charge in [-0.3, -0.25) is 4.79 Å². The van der Waals surface area contributed by atoms with Crippen molar-refractivity contribution in [3.8, 4) is 5.75 Å². The molecule has 0 radical (unpaired) electrons. The van der Waals surface area contributed by atoms with Crippen molar-refractivity contribution in [2.24, 2.45) is 0 Å². The summed E-state index contributed by atoms with van der Waals surface area (Å²) in [6.07, 6.45) is 2.01. The Labute approximate surface area is 130 Å². The van der Waals surface area contributed by atoms with E-state index in [9.17, 15) is 4.79 Å². The molecule has 0 unspecified atom stereocenters. The minimum absolute atomic E-state index is 0.00815. The van der Waals surface area contributed by atoms with Crippen LogP contribution in [0.3, 0.4) is 0 Å². The van der Waals surface area contributed by atoms with E-state index >= 15 is 0 Å². The van der Waals surface area contributed by atoms with Gasteiger partial charge in [0, 0.05) is 14.0 Å². The van der Waals surface area contributed by atoms with Crippen LogP contribution in [0.1, 0.15) is 10.4 Å². The summed E-state index contributed by atoms with van der Waals surface area (Å²) < 4.78 is 6.62. The van der Waals surface area contributed by atoms with Gasteiger partial charge >= 0.3 is 0 Å². The van der Waals surface area contributed by atoms with Gasteiger partial charge in [0.15, 0.2) is 12.4 Å². The lowest BCUT2D eigenvalue weighted by atomic mass is 10.1. The summed E-state index contributed by atoms with van der Waals surface area (Å²) in [6, 6.07) is 15.2. The van der Waals surface area contributed by atoms with Crippen molar-refractivity contribution < 1.29 is 9.53 Å². The second-order valence-corrected chi connectivity index (χ2v) is 6.02. The van der Waals surface area contributed by atoms with Crippen molar-refractivity contribution in [2.45, 2.75) is 4.90 Å². The zero-order valence-electron chi connectivity index (χ0n) is 10.4. The van der Waals surface area contributed by atoms with Crippen molar-refractivity contribution >= 4 is 40.1 Å². The summed E-state index contributed by atoms with van der Waals surface area (Å²) in [7, 11) is 0.